The number of hydrogen-bond donors (Lipinski definition) is 0. The molecule has 3 heterocycles. The van der Waals surface area contributed by atoms with E-state index in [-0.39, 0.29) is 11.9 Å². The van der Waals surface area contributed by atoms with Gasteiger partial charge in [0.2, 0.25) is 0 Å². The molecule has 4 rings (SSSR count). The van der Waals surface area contributed by atoms with Crippen LogP contribution < -0.4 is 0 Å². The summed E-state index contributed by atoms with van der Waals surface area (Å²) in [4.78, 5) is 8.84. The van der Waals surface area contributed by atoms with Crippen LogP contribution in [0.15, 0.2) is 42.7 Å². The molecule has 4 nitrogen and oxygen atoms in total. The van der Waals surface area contributed by atoms with Gasteiger partial charge in [0.25, 0.3) is 0 Å². The van der Waals surface area contributed by atoms with E-state index in [1.165, 1.54) is 6.07 Å². The first-order chi connectivity index (χ1) is 10.3. The molecule has 0 N–H and O–H groups in total. The average Bonchev–Trinajstić information content (AvgIpc) is 3.18. The van der Waals surface area contributed by atoms with Gasteiger partial charge >= 0.3 is 0 Å². The molecule has 1 atom stereocenters. The fourth-order valence-corrected chi connectivity index (χ4v) is 2.78. The highest BCUT2D eigenvalue weighted by Gasteiger charge is 2.21. The standard InChI is InChI=1S/C16H14FN3O/c17-13-3-1-2-11-4-5-14(19-15(11)13)16-18-7-8-20(16)12-6-9-21-10-12/h1-5,7-8,12H,6,9-10H2. The van der Waals surface area contributed by atoms with Gasteiger partial charge in [0.15, 0.2) is 5.82 Å². The minimum absolute atomic E-state index is 0.278. The summed E-state index contributed by atoms with van der Waals surface area (Å²) in [6.07, 6.45) is 4.65. The van der Waals surface area contributed by atoms with Crippen molar-refractivity contribution in [3.8, 4) is 11.5 Å². The molecule has 0 spiro atoms. The molecule has 3 aromatic rings. The quantitative estimate of drug-likeness (QED) is 0.725. The van der Waals surface area contributed by atoms with Crippen LogP contribution in [-0.2, 0) is 4.74 Å². The topological polar surface area (TPSA) is 39.9 Å². The van der Waals surface area contributed by atoms with Crippen LogP contribution in [0.25, 0.3) is 22.4 Å². The molecular formula is C16H14FN3O. The molecule has 1 aliphatic heterocycles. The summed E-state index contributed by atoms with van der Waals surface area (Å²) in [6, 6.07) is 9.01. The number of nitrogens with zero attached hydrogens (tertiary/aromatic N) is 3. The van der Waals surface area contributed by atoms with Gasteiger partial charge in [-0.2, -0.15) is 0 Å². The van der Waals surface area contributed by atoms with Crippen molar-refractivity contribution in [1.82, 2.24) is 14.5 Å². The monoisotopic (exact) mass is 283 g/mol. The number of fused-ring (bicyclic) bond motifs is 1. The summed E-state index contributed by atoms with van der Waals surface area (Å²) in [5.74, 6) is 0.451. The number of imidazole rings is 1. The Hall–Kier alpha value is -2.27. The smallest absolute Gasteiger partial charge is 0.158 e. The number of aromatic nitrogens is 3. The van der Waals surface area contributed by atoms with Gasteiger partial charge in [-0.05, 0) is 18.6 Å². The first-order valence-corrected chi connectivity index (χ1v) is 6.99. The number of rotatable bonds is 2. The fourth-order valence-electron chi connectivity index (χ4n) is 2.78. The van der Waals surface area contributed by atoms with E-state index in [4.69, 9.17) is 4.74 Å². The van der Waals surface area contributed by atoms with Crippen molar-refractivity contribution in [3.05, 3.63) is 48.5 Å². The molecule has 0 saturated carbocycles. The highest BCUT2D eigenvalue weighted by atomic mass is 19.1. The third-order valence-corrected chi connectivity index (χ3v) is 3.87. The number of halogens is 1. The Bertz CT molecular complexity index is 793. The predicted molar refractivity (Wildman–Crippen MR) is 77.4 cm³/mol. The lowest BCUT2D eigenvalue weighted by Crippen LogP contribution is -2.09. The Balaban J connectivity index is 1.83. The fraction of sp³-hybridized carbons (Fsp3) is 0.250. The predicted octanol–water partition coefficient (Wildman–Crippen LogP) is 3.20. The van der Waals surface area contributed by atoms with Crippen LogP contribution in [0, 0.1) is 5.82 Å². The molecular weight excluding hydrogens is 269 g/mol. The lowest BCUT2D eigenvalue weighted by molar-refractivity contribution is 0.187. The highest BCUT2D eigenvalue weighted by molar-refractivity contribution is 5.81. The number of pyridine rings is 1. The van der Waals surface area contributed by atoms with E-state index in [2.05, 4.69) is 14.5 Å². The Morgan fingerprint density at radius 2 is 2.19 bits per heavy atom. The first kappa shape index (κ1) is 12.5. The minimum Gasteiger partial charge on any atom is -0.379 e. The molecule has 2 aromatic heterocycles. The van der Waals surface area contributed by atoms with E-state index in [1.54, 1.807) is 12.3 Å². The van der Waals surface area contributed by atoms with Gasteiger partial charge in [-0.1, -0.05) is 18.2 Å². The van der Waals surface area contributed by atoms with Crippen LogP contribution >= 0.6 is 0 Å². The van der Waals surface area contributed by atoms with E-state index >= 15 is 0 Å². The SMILES string of the molecule is Fc1cccc2ccc(-c3nccn3C3CCOC3)nc12. The Morgan fingerprint density at radius 1 is 1.24 bits per heavy atom. The molecule has 0 amide bonds. The van der Waals surface area contributed by atoms with Crippen LogP contribution in [0.4, 0.5) is 4.39 Å². The van der Waals surface area contributed by atoms with Gasteiger partial charge < -0.3 is 9.30 Å². The Morgan fingerprint density at radius 3 is 3.05 bits per heavy atom. The summed E-state index contributed by atoms with van der Waals surface area (Å²) >= 11 is 0. The second-order valence-corrected chi connectivity index (χ2v) is 5.18. The summed E-state index contributed by atoms with van der Waals surface area (Å²) in [5, 5.41) is 0.793. The van der Waals surface area contributed by atoms with Crippen molar-refractivity contribution in [1.29, 1.82) is 0 Å². The van der Waals surface area contributed by atoms with E-state index in [1.807, 2.05) is 24.4 Å². The summed E-state index contributed by atoms with van der Waals surface area (Å²) < 4.78 is 21.4. The Kier molecular flexibility index (Phi) is 2.93. The van der Waals surface area contributed by atoms with Gasteiger partial charge in [-0.25, -0.2) is 14.4 Å². The molecule has 1 aliphatic rings. The molecule has 0 aliphatic carbocycles. The summed E-state index contributed by atoms with van der Waals surface area (Å²) in [5.41, 5.74) is 1.07. The van der Waals surface area contributed by atoms with Crippen LogP contribution in [0.3, 0.4) is 0 Å². The van der Waals surface area contributed by atoms with Gasteiger partial charge in [0, 0.05) is 24.4 Å². The summed E-state index contributed by atoms with van der Waals surface area (Å²) in [6.45, 7) is 1.45. The second kappa shape index (κ2) is 4.93. The number of benzene rings is 1. The van der Waals surface area contributed by atoms with Crippen LogP contribution in [0.2, 0.25) is 0 Å². The molecule has 106 valence electrons. The van der Waals surface area contributed by atoms with Crippen molar-refractivity contribution in [2.24, 2.45) is 0 Å². The lowest BCUT2D eigenvalue weighted by Gasteiger charge is -2.13. The molecule has 21 heavy (non-hydrogen) atoms. The van der Waals surface area contributed by atoms with E-state index in [9.17, 15) is 4.39 Å². The Labute approximate surface area is 121 Å². The van der Waals surface area contributed by atoms with Gasteiger partial charge in [0.05, 0.1) is 12.6 Å². The number of hydrogen-bond acceptors (Lipinski definition) is 3. The van der Waals surface area contributed by atoms with E-state index in [0.717, 1.165) is 24.2 Å². The van der Waals surface area contributed by atoms with E-state index in [0.29, 0.717) is 17.8 Å². The number of para-hydroxylation sites is 1. The van der Waals surface area contributed by atoms with Crippen molar-refractivity contribution >= 4 is 10.9 Å². The highest BCUT2D eigenvalue weighted by Crippen LogP contribution is 2.27. The van der Waals surface area contributed by atoms with Gasteiger partial charge in [-0.3, -0.25) is 0 Å². The molecule has 1 unspecified atom stereocenters. The first-order valence-electron chi connectivity index (χ1n) is 6.99. The molecule has 0 radical (unpaired) electrons. The van der Waals surface area contributed by atoms with E-state index < -0.39 is 0 Å². The third-order valence-electron chi connectivity index (χ3n) is 3.87. The second-order valence-electron chi connectivity index (χ2n) is 5.18. The van der Waals surface area contributed by atoms with Crippen LogP contribution in [-0.4, -0.2) is 27.7 Å². The van der Waals surface area contributed by atoms with Gasteiger partial charge in [0.1, 0.15) is 17.0 Å². The number of ether oxygens (including phenoxy) is 1. The van der Waals surface area contributed by atoms with Crippen molar-refractivity contribution in [3.63, 3.8) is 0 Å². The molecule has 1 aromatic carbocycles. The maximum atomic E-state index is 13.9. The minimum atomic E-state index is -0.309. The third kappa shape index (κ3) is 2.10. The molecule has 0 bridgehead atoms. The zero-order chi connectivity index (χ0) is 14.2. The van der Waals surface area contributed by atoms with Crippen molar-refractivity contribution in [2.45, 2.75) is 12.5 Å². The van der Waals surface area contributed by atoms with Crippen LogP contribution in [0.1, 0.15) is 12.5 Å². The zero-order valence-electron chi connectivity index (χ0n) is 11.4. The van der Waals surface area contributed by atoms with Crippen LogP contribution in [0.5, 0.6) is 0 Å². The average molecular weight is 283 g/mol. The maximum absolute atomic E-state index is 13.9. The largest absolute Gasteiger partial charge is 0.379 e. The lowest BCUT2D eigenvalue weighted by atomic mass is 10.2. The summed E-state index contributed by atoms with van der Waals surface area (Å²) in [7, 11) is 0. The normalized spacial score (nSPS) is 18.4. The maximum Gasteiger partial charge on any atom is 0.158 e. The molecule has 1 fully saturated rings. The van der Waals surface area contributed by atoms with Gasteiger partial charge in [-0.15, -0.1) is 0 Å². The van der Waals surface area contributed by atoms with Crippen molar-refractivity contribution in [2.75, 3.05) is 13.2 Å². The van der Waals surface area contributed by atoms with Crippen molar-refractivity contribution < 1.29 is 9.13 Å². The molecule has 1 saturated heterocycles. The zero-order valence-corrected chi connectivity index (χ0v) is 11.4. The molecule has 5 heteroatoms.